The molecule has 0 aromatic heterocycles. The van der Waals surface area contributed by atoms with Crippen LogP contribution >= 0.6 is 0 Å². The van der Waals surface area contributed by atoms with Crippen LogP contribution in [-0.2, 0) is 0 Å². The van der Waals surface area contributed by atoms with Crippen LogP contribution in [0.3, 0.4) is 0 Å². The van der Waals surface area contributed by atoms with E-state index in [0.717, 1.165) is 11.8 Å². The Balaban J connectivity index is 4.02. The quantitative estimate of drug-likeness (QED) is 0.206. The van der Waals surface area contributed by atoms with Gasteiger partial charge in [0.15, 0.2) is 0 Å². The Kier molecular flexibility index (Phi) is 19.3. The maximum absolute atomic E-state index is 2.79. The van der Waals surface area contributed by atoms with E-state index in [4.69, 9.17) is 0 Å². The van der Waals surface area contributed by atoms with E-state index in [9.17, 15) is 0 Å². The van der Waals surface area contributed by atoms with Crippen LogP contribution < -0.4 is 0 Å². The van der Waals surface area contributed by atoms with E-state index >= 15 is 0 Å². The normalized spacial score (nSPS) is 14.0. The third-order valence-corrected chi connectivity index (χ3v) is 5.60. The van der Waals surface area contributed by atoms with Gasteiger partial charge in [0.2, 0.25) is 0 Å². The Morgan fingerprint density at radius 1 is 0.458 bits per heavy atom. The second kappa shape index (κ2) is 19.3. The van der Waals surface area contributed by atoms with Gasteiger partial charge in [-0.15, -0.1) is 0 Å². The van der Waals surface area contributed by atoms with Gasteiger partial charge >= 0.3 is 0 Å². The largest absolute Gasteiger partial charge is 0.0654 e. The van der Waals surface area contributed by atoms with Gasteiger partial charge in [0.25, 0.3) is 0 Å². The summed E-state index contributed by atoms with van der Waals surface area (Å²) in [6.07, 6.45) is 27.0. The maximum Gasteiger partial charge on any atom is -0.0324 e. The zero-order chi connectivity index (χ0) is 17.9. The van der Waals surface area contributed by atoms with Crippen molar-refractivity contribution < 1.29 is 0 Å². The summed E-state index contributed by atoms with van der Waals surface area (Å²) in [7, 11) is 0. The molecule has 0 bridgehead atoms. The highest BCUT2D eigenvalue weighted by molar-refractivity contribution is 4.83. The van der Waals surface area contributed by atoms with Crippen LogP contribution in [0.2, 0.25) is 0 Å². The van der Waals surface area contributed by atoms with E-state index in [1.54, 1.807) is 0 Å². The number of unbranched alkanes of at least 4 members (excludes halogenated alkanes) is 10. The average Bonchev–Trinajstić information content (AvgIpc) is 2.60. The summed E-state index contributed by atoms with van der Waals surface area (Å²) in [5.41, 5.74) is 0. The minimum atomic E-state index is 0.883. The molecule has 0 aromatic carbocycles. The maximum atomic E-state index is 2.79. The molecule has 24 heavy (non-hydrogen) atoms. The third-order valence-electron chi connectivity index (χ3n) is 5.60. The molecule has 0 nitrogen and oxygen atoms in total. The molecule has 0 aliphatic heterocycles. The van der Waals surface area contributed by atoms with E-state index < -0.39 is 0 Å². The molecule has 0 saturated carbocycles. The molecule has 0 aliphatic carbocycles. The smallest absolute Gasteiger partial charge is 0.0324 e. The Morgan fingerprint density at radius 3 is 1.38 bits per heavy atom. The van der Waals surface area contributed by atoms with E-state index in [-0.39, 0.29) is 0 Å². The fourth-order valence-electron chi connectivity index (χ4n) is 3.83. The molecule has 2 unspecified atom stereocenters. The molecule has 0 heterocycles. The summed E-state index contributed by atoms with van der Waals surface area (Å²) >= 11 is 0. The first kappa shape index (κ1) is 24.0. The van der Waals surface area contributed by atoms with Crippen molar-refractivity contribution >= 4 is 0 Å². The van der Waals surface area contributed by atoms with Crippen LogP contribution in [0.1, 0.15) is 137 Å². The lowest BCUT2D eigenvalue weighted by Gasteiger charge is -2.23. The second-order valence-corrected chi connectivity index (χ2v) is 8.02. The highest BCUT2D eigenvalue weighted by Crippen LogP contribution is 2.28. The number of hydrogen-bond acceptors (Lipinski definition) is 0. The van der Waals surface area contributed by atoms with Crippen LogP contribution in [-0.4, -0.2) is 0 Å². The van der Waals surface area contributed by atoms with Crippen molar-refractivity contribution in [2.45, 2.75) is 137 Å². The minimum absolute atomic E-state index is 0.883. The van der Waals surface area contributed by atoms with Gasteiger partial charge in [0.1, 0.15) is 0 Å². The van der Waals surface area contributed by atoms with Crippen molar-refractivity contribution in [1.82, 2.24) is 0 Å². The standard InChI is InChI=1S/C24H49/c1-5-9-12-14-15-18-19-23(8-4)22-24(20-16-11-7-3)21-17-13-10-6-2/h22-24H,5-21H2,1-4H3. The topological polar surface area (TPSA) is 0 Å². The van der Waals surface area contributed by atoms with Gasteiger partial charge in [-0.2, -0.15) is 0 Å². The minimum Gasteiger partial charge on any atom is -0.0654 e. The average molecular weight is 338 g/mol. The highest BCUT2D eigenvalue weighted by atomic mass is 14.2. The second-order valence-electron chi connectivity index (χ2n) is 8.02. The van der Waals surface area contributed by atoms with Crippen molar-refractivity contribution in [3.63, 3.8) is 0 Å². The van der Waals surface area contributed by atoms with Gasteiger partial charge in [0, 0.05) is 0 Å². The van der Waals surface area contributed by atoms with Gasteiger partial charge in [0.05, 0.1) is 0 Å². The Labute approximate surface area is 155 Å². The van der Waals surface area contributed by atoms with Gasteiger partial charge < -0.3 is 0 Å². The Bertz CT molecular complexity index is 220. The van der Waals surface area contributed by atoms with Gasteiger partial charge in [-0.25, -0.2) is 0 Å². The van der Waals surface area contributed by atoms with E-state index in [1.807, 2.05) is 0 Å². The first-order valence-corrected chi connectivity index (χ1v) is 11.6. The lowest BCUT2D eigenvalue weighted by Crippen LogP contribution is -2.10. The molecule has 0 N–H and O–H groups in total. The van der Waals surface area contributed by atoms with Crippen LogP contribution in [0, 0.1) is 18.3 Å². The first-order chi connectivity index (χ1) is 11.8. The van der Waals surface area contributed by atoms with Gasteiger partial charge in [-0.3, -0.25) is 0 Å². The number of hydrogen-bond donors (Lipinski definition) is 0. The van der Waals surface area contributed by atoms with E-state index in [0.29, 0.717) is 0 Å². The van der Waals surface area contributed by atoms with E-state index in [1.165, 1.54) is 109 Å². The lowest BCUT2D eigenvalue weighted by atomic mass is 9.83. The van der Waals surface area contributed by atoms with Crippen LogP contribution in [0.4, 0.5) is 0 Å². The van der Waals surface area contributed by atoms with Crippen molar-refractivity contribution in [3.05, 3.63) is 6.42 Å². The monoisotopic (exact) mass is 337 g/mol. The molecule has 0 spiro atoms. The number of rotatable bonds is 19. The zero-order valence-electron chi connectivity index (χ0n) is 17.8. The fraction of sp³-hybridized carbons (Fsp3) is 0.958. The summed E-state index contributed by atoms with van der Waals surface area (Å²) < 4.78 is 0. The predicted molar refractivity (Wildman–Crippen MR) is 112 cm³/mol. The van der Waals surface area contributed by atoms with Crippen molar-refractivity contribution in [2.75, 3.05) is 0 Å². The Hall–Kier alpha value is 0. The molecule has 145 valence electrons. The summed E-state index contributed by atoms with van der Waals surface area (Å²) in [5, 5.41) is 0. The highest BCUT2D eigenvalue weighted by Gasteiger charge is 2.15. The van der Waals surface area contributed by atoms with Crippen molar-refractivity contribution in [1.29, 1.82) is 0 Å². The molecule has 0 rings (SSSR count). The molecule has 0 aliphatic rings. The Morgan fingerprint density at radius 2 is 0.833 bits per heavy atom. The van der Waals surface area contributed by atoms with E-state index in [2.05, 4.69) is 34.1 Å². The molecule has 1 radical (unpaired) electrons. The molecule has 2 atom stereocenters. The predicted octanol–water partition coefficient (Wildman–Crippen LogP) is 9.13. The summed E-state index contributed by atoms with van der Waals surface area (Å²) in [6, 6.07) is 0. The summed E-state index contributed by atoms with van der Waals surface area (Å²) in [4.78, 5) is 0. The van der Waals surface area contributed by atoms with Gasteiger partial charge in [-0.1, -0.05) is 137 Å². The molecule has 0 heteroatoms. The molecule has 0 aromatic rings. The lowest BCUT2D eigenvalue weighted by molar-refractivity contribution is 0.381. The van der Waals surface area contributed by atoms with Crippen LogP contribution in [0.5, 0.6) is 0 Å². The summed E-state index contributed by atoms with van der Waals surface area (Å²) in [6.45, 7) is 9.35. The molecular formula is C24H49. The van der Waals surface area contributed by atoms with Crippen molar-refractivity contribution in [2.24, 2.45) is 11.8 Å². The molecule has 0 saturated heterocycles. The molecule has 0 fully saturated rings. The SMILES string of the molecule is CCCCCCCCC([CH]C(CCCCC)CCCCCC)CC. The fourth-order valence-corrected chi connectivity index (χ4v) is 3.83. The zero-order valence-corrected chi connectivity index (χ0v) is 17.8. The summed E-state index contributed by atoms with van der Waals surface area (Å²) in [5.74, 6) is 1.78. The van der Waals surface area contributed by atoms with Crippen LogP contribution in [0.25, 0.3) is 0 Å². The van der Waals surface area contributed by atoms with Crippen molar-refractivity contribution in [3.8, 4) is 0 Å². The first-order valence-electron chi connectivity index (χ1n) is 11.6. The molecular weight excluding hydrogens is 288 g/mol. The van der Waals surface area contributed by atoms with Gasteiger partial charge in [-0.05, 0) is 18.3 Å². The molecule has 0 amide bonds. The van der Waals surface area contributed by atoms with Crippen LogP contribution in [0.15, 0.2) is 0 Å². The third kappa shape index (κ3) is 15.5.